The molecule has 7 nitrogen and oxygen atoms in total. The number of piperidine rings is 1. The number of carbonyl (C=O) groups is 1. The number of amides is 1. The number of sulfonamides is 1. The number of fused-ring (bicyclic) bond motifs is 2. The highest BCUT2D eigenvalue weighted by atomic mass is 32.2. The van der Waals surface area contributed by atoms with Gasteiger partial charge in [0.2, 0.25) is 15.9 Å². The minimum Gasteiger partial charge on any atom is -0.490 e. The first-order valence-corrected chi connectivity index (χ1v) is 12.7. The van der Waals surface area contributed by atoms with Crippen LogP contribution in [0.25, 0.3) is 0 Å². The molecule has 2 aromatic carbocycles. The maximum atomic E-state index is 13.2. The van der Waals surface area contributed by atoms with Gasteiger partial charge in [-0.2, -0.15) is 4.31 Å². The Morgan fingerprint density at radius 1 is 0.906 bits per heavy atom. The Morgan fingerprint density at radius 3 is 2.41 bits per heavy atom. The van der Waals surface area contributed by atoms with Gasteiger partial charge in [0.25, 0.3) is 0 Å². The summed E-state index contributed by atoms with van der Waals surface area (Å²) in [5, 5.41) is 0. The Labute approximate surface area is 189 Å². The van der Waals surface area contributed by atoms with Crippen molar-refractivity contribution < 1.29 is 22.7 Å². The van der Waals surface area contributed by atoms with Crippen molar-refractivity contribution in [3.05, 3.63) is 53.6 Å². The van der Waals surface area contributed by atoms with Gasteiger partial charge in [0.1, 0.15) is 0 Å². The van der Waals surface area contributed by atoms with Gasteiger partial charge in [-0.25, -0.2) is 8.42 Å². The molecule has 8 heteroatoms. The number of hydrogen-bond donors (Lipinski definition) is 0. The monoisotopic (exact) mass is 456 g/mol. The van der Waals surface area contributed by atoms with E-state index in [0.29, 0.717) is 57.2 Å². The Bertz CT molecular complexity index is 1110. The van der Waals surface area contributed by atoms with E-state index in [1.54, 1.807) is 18.2 Å². The summed E-state index contributed by atoms with van der Waals surface area (Å²) in [7, 11) is -3.65. The molecular weight excluding hydrogens is 428 g/mol. The Hall–Kier alpha value is -2.58. The third-order valence-corrected chi connectivity index (χ3v) is 8.50. The molecule has 0 N–H and O–H groups in total. The van der Waals surface area contributed by atoms with Crippen molar-refractivity contribution in [2.75, 3.05) is 32.8 Å². The largest absolute Gasteiger partial charge is 0.490 e. The van der Waals surface area contributed by atoms with E-state index in [2.05, 4.69) is 12.1 Å². The molecule has 3 aliphatic heterocycles. The lowest BCUT2D eigenvalue weighted by atomic mass is 9.94. The molecule has 0 saturated carbocycles. The summed E-state index contributed by atoms with van der Waals surface area (Å²) >= 11 is 0. The van der Waals surface area contributed by atoms with Crippen LogP contribution in [-0.2, 0) is 27.8 Å². The predicted molar refractivity (Wildman–Crippen MR) is 119 cm³/mol. The van der Waals surface area contributed by atoms with Crippen LogP contribution in [0, 0.1) is 5.92 Å². The van der Waals surface area contributed by atoms with Crippen molar-refractivity contribution in [3.8, 4) is 11.5 Å². The van der Waals surface area contributed by atoms with Crippen LogP contribution in [0.3, 0.4) is 0 Å². The van der Waals surface area contributed by atoms with E-state index < -0.39 is 10.0 Å². The summed E-state index contributed by atoms with van der Waals surface area (Å²) in [6.45, 7) is 3.12. The fourth-order valence-electron chi connectivity index (χ4n) is 4.74. The van der Waals surface area contributed by atoms with Crippen molar-refractivity contribution in [3.63, 3.8) is 0 Å². The van der Waals surface area contributed by atoms with Crippen LogP contribution in [0.2, 0.25) is 0 Å². The molecule has 32 heavy (non-hydrogen) atoms. The minimum atomic E-state index is -3.65. The average molecular weight is 457 g/mol. The van der Waals surface area contributed by atoms with E-state index in [0.717, 1.165) is 19.4 Å². The number of hydrogen-bond acceptors (Lipinski definition) is 5. The van der Waals surface area contributed by atoms with E-state index in [-0.39, 0.29) is 16.7 Å². The maximum absolute atomic E-state index is 13.2. The molecule has 3 heterocycles. The van der Waals surface area contributed by atoms with E-state index >= 15 is 0 Å². The number of ether oxygens (including phenoxy) is 2. The molecule has 170 valence electrons. The Morgan fingerprint density at radius 2 is 1.62 bits per heavy atom. The molecule has 0 spiro atoms. The summed E-state index contributed by atoms with van der Waals surface area (Å²) < 4.78 is 39.2. The van der Waals surface area contributed by atoms with E-state index in [4.69, 9.17) is 9.47 Å². The number of carbonyl (C=O) groups excluding carboxylic acids is 1. The average Bonchev–Trinajstić information content (AvgIpc) is 3.08. The molecule has 0 bridgehead atoms. The molecule has 0 aliphatic carbocycles. The Kier molecular flexibility index (Phi) is 5.82. The van der Waals surface area contributed by atoms with Gasteiger partial charge in [0, 0.05) is 44.6 Å². The van der Waals surface area contributed by atoms with E-state index in [1.165, 1.54) is 15.4 Å². The van der Waals surface area contributed by atoms with Gasteiger partial charge in [-0.1, -0.05) is 24.3 Å². The summed E-state index contributed by atoms with van der Waals surface area (Å²) in [6, 6.07) is 13.0. The molecule has 2 aromatic rings. The standard InChI is InChI=1S/C24H28N2O5S/c27-24(25-11-8-18-4-1-2-5-20(18)17-25)19-9-12-26(13-10-19)32(28,29)21-6-7-22-23(16-21)31-15-3-14-30-22/h1-2,4-7,16,19H,3,8-15,17H2. The van der Waals surface area contributed by atoms with Crippen molar-refractivity contribution in [2.24, 2.45) is 5.92 Å². The lowest BCUT2D eigenvalue weighted by Crippen LogP contribution is -2.45. The van der Waals surface area contributed by atoms with Crippen molar-refractivity contribution in [2.45, 2.75) is 37.1 Å². The molecular formula is C24H28N2O5S. The Balaban J connectivity index is 1.23. The second-order valence-corrected chi connectivity index (χ2v) is 10.6. The lowest BCUT2D eigenvalue weighted by molar-refractivity contribution is -0.137. The summed E-state index contributed by atoms with van der Waals surface area (Å²) in [4.78, 5) is 15.2. The summed E-state index contributed by atoms with van der Waals surface area (Å²) in [5.41, 5.74) is 2.52. The fraction of sp³-hybridized carbons (Fsp3) is 0.458. The van der Waals surface area contributed by atoms with Gasteiger partial charge in [-0.15, -0.1) is 0 Å². The van der Waals surface area contributed by atoms with E-state index in [1.807, 2.05) is 17.0 Å². The highest BCUT2D eigenvalue weighted by molar-refractivity contribution is 7.89. The first-order valence-electron chi connectivity index (χ1n) is 11.3. The zero-order valence-corrected chi connectivity index (χ0v) is 18.9. The highest BCUT2D eigenvalue weighted by Gasteiger charge is 2.35. The fourth-order valence-corrected chi connectivity index (χ4v) is 6.22. The normalized spacial score (nSPS) is 19.8. The van der Waals surface area contributed by atoms with Crippen molar-refractivity contribution in [1.29, 1.82) is 0 Å². The van der Waals surface area contributed by atoms with Crippen LogP contribution >= 0.6 is 0 Å². The van der Waals surface area contributed by atoms with Gasteiger partial charge in [-0.05, 0) is 42.5 Å². The first kappa shape index (κ1) is 21.3. The van der Waals surface area contributed by atoms with Crippen LogP contribution in [-0.4, -0.2) is 56.4 Å². The second kappa shape index (κ2) is 8.75. The van der Waals surface area contributed by atoms with Gasteiger partial charge >= 0.3 is 0 Å². The third kappa shape index (κ3) is 4.09. The molecule has 1 saturated heterocycles. The maximum Gasteiger partial charge on any atom is 0.243 e. The number of rotatable bonds is 3. The van der Waals surface area contributed by atoms with Crippen LogP contribution in [0.5, 0.6) is 11.5 Å². The molecule has 5 rings (SSSR count). The molecule has 0 unspecified atom stereocenters. The molecule has 1 fully saturated rings. The highest BCUT2D eigenvalue weighted by Crippen LogP contribution is 2.34. The number of benzene rings is 2. The molecule has 0 atom stereocenters. The first-order chi connectivity index (χ1) is 15.5. The molecule has 0 radical (unpaired) electrons. The molecule has 3 aliphatic rings. The third-order valence-electron chi connectivity index (χ3n) is 6.60. The smallest absolute Gasteiger partial charge is 0.243 e. The van der Waals surface area contributed by atoms with Crippen LogP contribution < -0.4 is 9.47 Å². The van der Waals surface area contributed by atoms with Crippen LogP contribution in [0.1, 0.15) is 30.4 Å². The zero-order chi connectivity index (χ0) is 22.1. The van der Waals surface area contributed by atoms with Gasteiger partial charge < -0.3 is 14.4 Å². The zero-order valence-electron chi connectivity index (χ0n) is 18.0. The van der Waals surface area contributed by atoms with Gasteiger partial charge in [0.05, 0.1) is 18.1 Å². The van der Waals surface area contributed by atoms with Gasteiger partial charge in [-0.3, -0.25) is 4.79 Å². The second-order valence-electron chi connectivity index (χ2n) is 8.62. The van der Waals surface area contributed by atoms with Crippen molar-refractivity contribution >= 4 is 15.9 Å². The SMILES string of the molecule is O=C(C1CCN(S(=O)(=O)c2ccc3c(c2)OCCCO3)CC1)N1CCc2ccccc2C1. The summed E-state index contributed by atoms with van der Waals surface area (Å²) in [5.74, 6) is 1.07. The van der Waals surface area contributed by atoms with Crippen molar-refractivity contribution in [1.82, 2.24) is 9.21 Å². The minimum absolute atomic E-state index is 0.129. The van der Waals surface area contributed by atoms with E-state index in [9.17, 15) is 13.2 Å². The van der Waals surface area contributed by atoms with Gasteiger partial charge in [0.15, 0.2) is 11.5 Å². The quantitative estimate of drug-likeness (QED) is 0.710. The summed E-state index contributed by atoms with van der Waals surface area (Å²) in [6.07, 6.45) is 2.72. The number of nitrogens with zero attached hydrogens (tertiary/aromatic N) is 2. The topological polar surface area (TPSA) is 76.2 Å². The molecule has 1 amide bonds. The van der Waals surface area contributed by atoms with Crippen LogP contribution in [0.4, 0.5) is 0 Å². The van der Waals surface area contributed by atoms with Crippen LogP contribution in [0.15, 0.2) is 47.4 Å². The lowest BCUT2D eigenvalue weighted by Gasteiger charge is -2.35. The molecule has 0 aromatic heterocycles. The predicted octanol–water partition coefficient (Wildman–Crippen LogP) is 2.83.